The first-order chi connectivity index (χ1) is 22.7. The van der Waals surface area contributed by atoms with Crippen LogP contribution in [0.5, 0.6) is 17.2 Å². The van der Waals surface area contributed by atoms with E-state index >= 15 is 0 Å². The Kier molecular flexibility index (Phi) is 9.16. The number of carbonyl (C=O) groups is 2. The fourth-order valence-corrected chi connectivity index (χ4v) is 5.97. The van der Waals surface area contributed by atoms with Crippen LogP contribution >= 0.6 is 0 Å². The minimum absolute atomic E-state index is 0.125. The third-order valence-corrected chi connectivity index (χ3v) is 8.43. The van der Waals surface area contributed by atoms with E-state index in [0.29, 0.717) is 51.6 Å². The Labute approximate surface area is 273 Å². The molecule has 1 saturated carbocycles. The second kappa shape index (κ2) is 13.6. The molecule has 47 heavy (non-hydrogen) atoms. The Hall–Kier alpha value is -5.30. The van der Waals surface area contributed by atoms with Crippen molar-refractivity contribution >= 4 is 51.5 Å². The van der Waals surface area contributed by atoms with Crippen LogP contribution in [0.25, 0.3) is 11.0 Å². The first-order valence-electron chi connectivity index (χ1n) is 15.6. The summed E-state index contributed by atoms with van der Waals surface area (Å²) in [5.74, 6) is 1.54. The van der Waals surface area contributed by atoms with E-state index in [1.807, 2.05) is 37.8 Å². The summed E-state index contributed by atoms with van der Waals surface area (Å²) in [6.07, 6.45) is 7.00. The lowest BCUT2D eigenvalue weighted by Gasteiger charge is -2.26. The number of likely N-dealkylation sites (N-methyl/N-ethyl adjacent to an activating group) is 2. The first kappa shape index (κ1) is 31.7. The van der Waals surface area contributed by atoms with E-state index in [9.17, 15) is 9.59 Å². The van der Waals surface area contributed by atoms with Crippen LogP contribution in [-0.4, -0.2) is 79.4 Å². The van der Waals surface area contributed by atoms with Gasteiger partial charge in [-0.3, -0.25) is 9.59 Å². The minimum Gasteiger partial charge on any atom is -0.494 e. The lowest BCUT2D eigenvalue weighted by atomic mass is 10.2. The highest BCUT2D eigenvalue weighted by Crippen LogP contribution is 2.39. The Morgan fingerprint density at radius 2 is 1.83 bits per heavy atom. The molecule has 1 fully saturated rings. The molecule has 2 amide bonds. The van der Waals surface area contributed by atoms with Crippen molar-refractivity contribution in [1.82, 2.24) is 19.4 Å². The number of anilines is 5. The maximum absolute atomic E-state index is 13.7. The lowest BCUT2D eigenvalue weighted by Crippen LogP contribution is -2.29. The molecule has 1 aliphatic heterocycles. The molecular formula is C34H40N8O5. The van der Waals surface area contributed by atoms with Crippen molar-refractivity contribution in [2.75, 3.05) is 69.0 Å². The Balaban J connectivity index is 1.34. The predicted molar refractivity (Wildman–Crippen MR) is 182 cm³/mol. The van der Waals surface area contributed by atoms with E-state index in [4.69, 9.17) is 19.2 Å². The molecule has 246 valence electrons. The smallest absolute Gasteiger partial charge is 0.272 e. The average Bonchev–Trinajstić information content (AvgIpc) is 3.83. The third-order valence-electron chi connectivity index (χ3n) is 8.43. The van der Waals surface area contributed by atoms with E-state index in [2.05, 4.69) is 37.3 Å². The molecule has 0 atom stereocenters. The number of fused-ring (bicyclic) bond motifs is 2. The predicted octanol–water partition coefficient (Wildman–Crippen LogP) is 5.40. The van der Waals surface area contributed by atoms with Gasteiger partial charge in [0, 0.05) is 55.6 Å². The van der Waals surface area contributed by atoms with Gasteiger partial charge in [0.15, 0.2) is 11.5 Å². The third kappa shape index (κ3) is 6.80. The van der Waals surface area contributed by atoms with Gasteiger partial charge in [0.1, 0.15) is 17.1 Å². The highest BCUT2D eigenvalue weighted by molar-refractivity contribution is 6.06. The van der Waals surface area contributed by atoms with Crippen LogP contribution in [0, 0.1) is 0 Å². The van der Waals surface area contributed by atoms with Gasteiger partial charge in [-0.2, -0.15) is 4.98 Å². The molecule has 0 bridgehead atoms. The molecule has 3 heterocycles. The molecule has 4 aromatic rings. The van der Waals surface area contributed by atoms with Crippen LogP contribution in [0.4, 0.5) is 28.7 Å². The largest absolute Gasteiger partial charge is 0.494 e. The number of hydrogen-bond donors (Lipinski definition) is 3. The minimum atomic E-state index is -0.331. The summed E-state index contributed by atoms with van der Waals surface area (Å²) < 4.78 is 18.7. The molecular weight excluding hydrogens is 600 g/mol. The normalized spacial score (nSPS) is 14.0. The summed E-state index contributed by atoms with van der Waals surface area (Å²) in [7, 11) is 7.57. The van der Waals surface area contributed by atoms with Crippen molar-refractivity contribution in [2.24, 2.45) is 0 Å². The van der Waals surface area contributed by atoms with Crippen LogP contribution < -0.4 is 35.1 Å². The topological polar surface area (TPSA) is 135 Å². The van der Waals surface area contributed by atoms with Crippen LogP contribution in [-0.2, 0) is 4.79 Å². The summed E-state index contributed by atoms with van der Waals surface area (Å²) in [6, 6.07) is 11.0. The molecule has 0 unspecified atom stereocenters. The monoisotopic (exact) mass is 640 g/mol. The number of ether oxygens (including phenoxy) is 3. The number of carbonyl (C=O) groups excluding carboxylic acids is 2. The fraction of sp³-hybridized carbons (Fsp3) is 0.353. The summed E-state index contributed by atoms with van der Waals surface area (Å²) >= 11 is 0. The van der Waals surface area contributed by atoms with Crippen molar-refractivity contribution < 1.29 is 23.8 Å². The molecule has 3 N–H and O–H groups in total. The summed E-state index contributed by atoms with van der Waals surface area (Å²) in [4.78, 5) is 39.7. The number of amides is 2. The second-order valence-electron chi connectivity index (χ2n) is 11.9. The molecule has 13 nitrogen and oxygen atoms in total. The Bertz CT molecular complexity index is 1810. The fourth-order valence-electron chi connectivity index (χ4n) is 5.97. The lowest BCUT2D eigenvalue weighted by molar-refractivity contribution is -0.111. The quantitative estimate of drug-likeness (QED) is 0.173. The van der Waals surface area contributed by atoms with E-state index in [1.54, 1.807) is 37.6 Å². The first-order valence-corrected chi connectivity index (χ1v) is 15.6. The molecule has 2 aromatic carbocycles. The summed E-state index contributed by atoms with van der Waals surface area (Å²) in [5.41, 5.74) is 3.71. The van der Waals surface area contributed by atoms with Crippen LogP contribution in [0.1, 0.15) is 42.2 Å². The van der Waals surface area contributed by atoms with Gasteiger partial charge in [0.05, 0.1) is 24.2 Å². The molecule has 1 aliphatic carbocycles. The molecule has 0 radical (unpaired) electrons. The molecule has 2 aliphatic rings. The van der Waals surface area contributed by atoms with Crippen molar-refractivity contribution in [3.05, 3.63) is 60.9 Å². The molecule has 6 rings (SSSR count). The number of nitrogens with zero attached hydrogens (tertiary/aromatic N) is 5. The summed E-state index contributed by atoms with van der Waals surface area (Å²) in [5, 5.41) is 9.98. The van der Waals surface area contributed by atoms with E-state index in [1.165, 1.54) is 6.08 Å². The number of hydrogen-bond acceptors (Lipinski definition) is 10. The standard InChI is InChI=1S/C34H40N8O5/c1-6-31(43)37-24-17-25(29(45-5)18-26(24)41(4)14-13-40(2)3)38-34-35-19-21-15-27(42(32(21)39-34)23-9-7-8-10-23)33(44)36-22-11-12-28-30(16-22)47-20-46-28/h6,11-12,15-19,23H,1,7-10,13-14,20H2,2-5H3,(H,36,44)(H,37,43)(H,35,38,39). The van der Waals surface area contributed by atoms with Gasteiger partial charge >= 0.3 is 0 Å². The second-order valence-corrected chi connectivity index (χ2v) is 11.9. The summed E-state index contributed by atoms with van der Waals surface area (Å²) in [6.45, 7) is 5.30. The molecule has 2 aromatic heterocycles. The Morgan fingerprint density at radius 3 is 2.57 bits per heavy atom. The SMILES string of the molecule is C=CC(=O)Nc1cc(Nc2ncc3cc(C(=O)Nc4ccc5c(c4)OCO5)n(C4CCCC4)c3n2)c(OC)cc1N(C)CCN(C)C. The highest BCUT2D eigenvalue weighted by atomic mass is 16.7. The maximum atomic E-state index is 13.7. The van der Waals surface area contributed by atoms with Gasteiger partial charge in [0.2, 0.25) is 18.6 Å². The van der Waals surface area contributed by atoms with Crippen LogP contribution in [0.2, 0.25) is 0 Å². The van der Waals surface area contributed by atoms with Crippen LogP contribution in [0.3, 0.4) is 0 Å². The number of benzene rings is 2. The zero-order valence-corrected chi connectivity index (χ0v) is 27.1. The zero-order valence-electron chi connectivity index (χ0n) is 27.1. The number of rotatable bonds is 12. The van der Waals surface area contributed by atoms with Gasteiger partial charge in [-0.15, -0.1) is 0 Å². The maximum Gasteiger partial charge on any atom is 0.272 e. The van der Waals surface area contributed by atoms with Crippen molar-refractivity contribution in [3.8, 4) is 17.2 Å². The number of methoxy groups -OCH3 is 1. The number of aromatic nitrogens is 3. The molecule has 0 spiro atoms. The van der Waals surface area contributed by atoms with Gasteiger partial charge in [0.25, 0.3) is 5.91 Å². The van der Waals surface area contributed by atoms with E-state index in [-0.39, 0.29) is 24.6 Å². The van der Waals surface area contributed by atoms with Gasteiger partial charge in [-0.25, -0.2) is 4.98 Å². The van der Waals surface area contributed by atoms with E-state index in [0.717, 1.165) is 49.8 Å². The van der Waals surface area contributed by atoms with Gasteiger partial charge in [-0.05, 0) is 57.3 Å². The molecule has 0 saturated heterocycles. The average molecular weight is 641 g/mol. The van der Waals surface area contributed by atoms with E-state index < -0.39 is 0 Å². The van der Waals surface area contributed by atoms with Crippen molar-refractivity contribution in [1.29, 1.82) is 0 Å². The zero-order chi connectivity index (χ0) is 33.1. The van der Waals surface area contributed by atoms with Crippen LogP contribution in [0.15, 0.2) is 55.3 Å². The van der Waals surface area contributed by atoms with Crippen molar-refractivity contribution in [2.45, 2.75) is 31.7 Å². The van der Waals surface area contributed by atoms with Gasteiger partial charge < -0.3 is 44.5 Å². The van der Waals surface area contributed by atoms with Gasteiger partial charge in [-0.1, -0.05) is 19.4 Å². The number of nitrogens with one attached hydrogen (secondary N) is 3. The molecule has 13 heteroatoms. The van der Waals surface area contributed by atoms with Crippen molar-refractivity contribution in [3.63, 3.8) is 0 Å². The Morgan fingerprint density at radius 1 is 1.04 bits per heavy atom. The highest BCUT2D eigenvalue weighted by Gasteiger charge is 2.27.